The van der Waals surface area contributed by atoms with Crippen LogP contribution < -0.4 is 0 Å². The van der Waals surface area contributed by atoms with Gasteiger partial charge in [-0.3, -0.25) is 0 Å². The minimum atomic E-state index is -2.16. The van der Waals surface area contributed by atoms with E-state index < -0.39 is 22.7 Å². The van der Waals surface area contributed by atoms with Crippen LogP contribution in [0.2, 0.25) is 34.8 Å². The Labute approximate surface area is 336 Å². The molecule has 11 atom stereocenters. The van der Waals surface area contributed by atoms with E-state index in [0.29, 0.717) is 35.4 Å². The summed E-state index contributed by atoms with van der Waals surface area (Å²) < 4.78 is 40.2. The Morgan fingerprint density at radius 2 is 1.56 bits per heavy atom. The summed E-state index contributed by atoms with van der Waals surface area (Å²) in [5, 5.41) is 21.0. The van der Waals surface area contributed by atoms with E-state index in [0.717, 1.165) is 37.8 Å². The van der Waals surface area contributed by atoms with Crippen LogP contribution in [0.15, 0.2) is 28.9 Å². The van der Waals surface area contributed by atoms with Crippen molar-refractivity contribution in [3.63, 3.8) is 0 Å². The molecule has 0 aliphatic carbocycles. The zero-order valence-electron chi connectivity index (χ0n) is 37.0. The van der Waals surface area contributed by atoms with Crippen LogP contribution in [0.1, 0.15) is 146 Å². The van der Waals surface area contributed by atoms with Crippen molar-refractivity contribution in [3.8, 4) is 0 Å². The minimum absolute atomic E-state index is 0.00555. The molecular formula is C44H79NO8Si2. The number of aliphatic hydroxyl groups excluding tert-OH is 2. The molecule has 0 aromatic carbocycles. The topological polar surface area (TPSA) is 113 Å². The number of hydrogen-bond acceptors (Lipinski definition) is 9. The first-order valence-corrected chi connectivity index (χ1v) is 26.5. The number of nitrogens with zero attached hydrogens (tertiary/aromatic N) is 1. The van der Waals surface area contributed by atoms with E-state index >= 15 is 0 Å². The molecule has 1 aromatic rings. The molecule has 4 heterocycles. The van der Waals surface area contributed by atoms with Gasteiger partial charge in [0.2, 0.25) is 14.2 Å². The SMILES string of the molecule is C=C1C[C@H](C[C@@H]2C[C@@H](O[Si](C(C)C)(C(C)C)C(C)C)C[C@H](c3coc(/C=C/C[C@H]4O[C@@H]([C@@H](C)O[Si](C)(C)C(C)(C)C)[C@H](C)[C@@H](O)[C@H]4C)n3)O2)O[C@@H](CCO)C1. The first-order chi connectivity index (χ1) is 25.6. The lowest BCUT2D eigenvalue weighted by atomic mass is 9.80. The second-order valence-electron chi connectivity index (χ2n) is 19.7. The molecule has 1 aromatic heterocycles. The Bertz CT molecular complexity index is 1370. The molecule has 55 heavy (non-hydrogen) atoms. The number of hydrogen-bond donors (Lipinski definition) is 2. The Morgan fingerprint density at radius 3 is 2.16 bits per heavy atom. The standard InChI is InChI=1S/C44H79NO8Si2/c1-27(2)55(28(3)4,29(5)6)53-37-24-36(23-35-22-30(7)21-34(49-35)19-20-46)50-40(25-37)38-26-48-41(45-38)18-16-17-39-31(8)42(47)32(9)43(51-39)33(10)52-54(14,15)44(11,12)13/h16,18,26-29,31-37,39-40,42-43,46-47H,7,17,19-25H2,1-6,8-15H3/b18-16+/t31-,32+,33+,34-,35+,36+,37+,39+,40+,42-,43+/m0/s1. The maximum Gasteiger partial charge on any atom is 0.218 e. The normalized spacial score (nSPS) is 32.3. The van der Waals surface area contributed by atoms with Crippen molar-refractivity contribution in [2.75, 3.05) is 6.61 Å². The van der Waals surface area contributed by atoms with Gasteiger partial charge < -0.3 is 37.7 Å². The summed E-state index contributed by atoms with van der Waals surface area (Å²) in [5.41, 5.74) is 3.38. The number of oxazole rings is 1. The van der Waals surface area contributed by atoms with Crippen LogP contribution in [0.4, 0.5) is 0 Å². The second-order valence-corrected chi connectivity index (χ2v) is 29.9. The fourth-order valence-electron chi connectivity index (χ4n) is 9.64. The van der Waals surface area contributed by atoms with Gasteiger partial charge in [-0.15, -0.1) is 0 Å². The lowest BCUT2D eigenvalue weighted by Crippen LogP contribution is -2.55. The van der Waals surface area contributed by atoms with E-state index in [-0.39, 0.29) is 72.3 Å². The van der Waals surface area contributed by atoms with Crippen molar-refractivity contribution < 1.29 is 37.7 Å². The number of aromatic nitrogens is 1. The van der Waals surface area contributed by atoms with Crippen molar-refractivity contribution in [1.82, 2.24) is 4.98 Å². The van der Waals surface area contributed by atoms with Crippen molar-refractivity contribution in [2.45, 2.75) is 218 Å². The monoisotopic (exact) mass is 806 g/mol. The molecule has 4 rings (SSSR count). The maximum absolute atomic E-state index is 11.3. The molecule has 0 bridgehead atoms. The van der Waals surface area contributed by atoms with Crippen LogP contribution in [0.3, 0.4) is 0 Å². The Hall–Kier alpha value is -1.16. The highest BCUT2D eigenvalue weighted by Gasteiger charge is 2.49. The Balaban J connectivity index is 1.49. The van der Waals surface area contributed by atoms with Crippen LogP contribution >= 0.6 is 0 Å². The van der Waals surface area contributed by atoms with Crippen LogP contribution in [-0.2, 0) is 23.1 Å². The maximum atomic E-state index is 11.3. The van der Waals surface area contributed by atoms with E-state index in [1.165, 1.54) is 5.57 Å². The predicted octanol–water partition coefficient (Wildman–Crippen LogP) is 10.5. The van der Waals surface area contributed by atoms with Gasteiger partial charge in [0.05, 0.1) is 48.8 Å². The van der Waals surface area contributed by atoms with Gasteiger partial charge in [0.15, 0.2) is 8.32 Å². The molecule has 3 fully saturated rings. The van der Waals surface area contributed by atoms with Gasteiger partial charge in [-0.1, -0.05) is 94.4 Å². The number of ether oxygens (including phenoxy) is 3. The van der Waals surface area contributed by atoms with Crippen LogP contribution in [0.25, 0.3) is 6.08 Å². The summed E-state index contributed by atoms with van der Waals surface area (Å²) in [5.74, 6) is 0.468. The summed E-state index contributed by atoms with van der Waals surface area (Å²) >= 11 is 0. The van der Waals surface area contributed by atoms with Crippen molar-refractivity contribution in [1.29, 1.82) is 0 Å². The molecular weight excluding hydrogens is 727 g/mol. The molecule has 2 N–H and O–H groups in total. The lowest BCUT2D eigenvalue weighted by Gasteiger charge is -2.47. The summed E-state index contributed by atoms with van der Waals surface area (Å²) in [4.78, 5) is 4.93. The zero-order valence-corrected chi connectivity index (χ0v) is 39.0. The van der Waals surface area contributed by atoms with Crippen molar-refractivity contribution >= 4 is 22.7 Å². The van der Waals surface area contributed by atoms with E-state index in [1.807, 2.05) is 6.08 Å². The van der Waals surface area contributed by atoms with Gasteiger partial charge in [0.25, 0.3) is 0 Å². The lowest BCUT2D eigenvalue weighted by molar-refractivity contribution is -0.187. The molecule has 0 radical (unpaired) electrons. The van der Waals surface area contributed by atoms with E-state index in [9.17, 15) is 10.2 Å². The Morgan fingerprint density at radius 1 is 0.927 bits per heavy atom. The van der Waals surface area contributed by atoms with Crippen LogP contribution in [-0.4, -0.2) is 87.3 Å². The van der Waals surface area contributed by atoms with Gasteiger partial charge in [-0.2, -0.15) is 0 Å². The van der Waals surface area contributed by atoms with E-state index in [1.54, 1.807) is 6.26 Å². The number of rotatable bonds is 16. The molecule has 9 nitrogen and oxygen atoms in total. The highest BCUT2D eigenvalue weighted by Crippen LogP contribution is 2.46. The molecule has 0 unspecified atom stereocenters. The molecule has 316 valence electrons. The summed E-state index contributed by atoms with van der Waals surface area (Å²) in [7, 11) is -4.17. The Kier molecular flexibility index (Phi) is 16.3. The fraction of sp³-hybridized carbons (Fsp3) is 0.841. The third-order valence-corrected chi connectivity index (χ3v) is 24.3. The van der Waals surface area contributed by atoms with Gasteiger partial charge in [-0.25, -0.2) is 4.98 Å². The second kappa shape index (κ2) is 19.3. The van der Waals surface area contributed by atoms with Gasteiger partial charge >= 0.3 is 0 Å². The quantitative estimate of drug-likeness (QED) is 0.125. The minimum Gasteiger partial charge on any atom is -0.445 e. The first-order valence-electron chi connectivity index (χ1n) is 21.5. The third kappa shape index (κ3) is 11.3. The summed E-state index contributed by atoms with van der Waals surface area (Å²) in [6, 6.07) is 0. The molecule has 3 aliphatic heterocycles. The van der Waals surface area contributed by atoms with Gasteiger partial charge in [0.1, 0.15) is 18.1 Å². The van der Waals surface area contributed by atoms with Crippen LogP contribution in [0, 0.1) is 11.8 Å². The molecule has 0 saturated carbocycles. The van der Waals surface area contributed by atoms with E-state index in [4.69, 9.17) is 32.5 Å². The van der Waals surface area contributed by atoms with Crippen molar-refractivity contribution in [2.24, 2.45) is 11.8 Å². The van der Waals surface area contributed by atoms with Gasteiger partial charge in [0, 0.05) is 31.3 Å². The average molecular weight is 806 g/mol. The third-order valence-electron chi connectivity index (χ3n) is 13.6. The average Bonchev–Trinajstić information content (AvgIpc) is 3.55. The fourth-order valence-corrected chi connectivity index (χ4v) is 16.6. The predicted molar refractivity (Wildman–Crippen MR) is 227 cm³/mol. The molecule has 11 heteroatoms. The van der Waals surface area contributed by atoms with Crippen molar-refractivity contribution in [3.05, 3.63) is 36.1 Å². The summed E-state index contributed by atoms with van der Waals surface area (Å²) in [6.45, 7) is 36.0. The molecule has 3 saturated heterocycles. The first kappa shape index (κ1) is 46.5. The zero-order chi connectivity index (χ0) is 41.0. The van der Waals surface area contributed by atoms with E-state index in [2.05, 4.69) is 109 Å². The highest BCUT2D eigenvalue weighted by molar-refractivity contribution is 6.77. The highest BCUT2D eigenvalue weighted by atomic mass is 28.4. The molecule has 0 spiro atoms. The smallest absolute Gasteiger partial charge is 0.218 e. The van der Waals surface area contributed by atoms with Crippen LogP contribution in [0.5, 0.6) is 0 Å². The molecule has 3 aliphatic rings. The number of aliphatic hydroxyl groups is 2. The summed E-state index contributed by atoms with van der Waals surface area (Å²) in [6.07, 6.45) is 9.55. The largest absolute Gasteiger partial charge is 0.445 e. The molecule has 0 amide bonds. The van der Waals surface area contributed by atoms with Gasteiger partial charge in [-0.05, 0) is 79.9 Å².